The summed E-state index contributed by atoms with van der Waals surface area (Å²) in [6.07, 6.45) is 0. The molecule has 132 valence electrons. The van der Waals surface area contributed by atoms with Gasteiger partial charge in [0.1, 0.15) is 0 Å². The van der Waals surface area contributed by atoms with E-state index in [-0.39, 0.29) is 15.6 Å². The Hall–Kier alpha value is -2.71. The Morgan fingerprint density at radius 3 is 2.62 bits per heavy atom. The molecule has 0 aliphatic heterocycles. The number of aromatic nitrogens is 4. The molecule has 26 heavy (non-hydrogen) atoms. The summed E-state index contributed by atoms with van der Waals surface area (Å²) in [4.78, 5) is 16.4. The maximum absolute atomic E-state index is 13.1. The van der Waals surface area contributed by atoms with Crippen molar-refractivity contribution in [3.63, 3.8) is 0 Å². The number of halogens is 1. The van der Waals surface area contributed by atoms with Crippen molar-refractivity contribution < 1.29 is 8.42 Å². The van der Waals surface area contributed by atoms with Crippen molar-refractivity contribution in [2.24, 2.45) is 0 Å². The number of benzene rings is 2. The molecule has 0 atom stereocenters. The van der Waals surface area contributed by atoms with Crippen molar-refractivity contribution in [2.45, 2.75) is 23.8 Å². The lowest BCUT2D eigenvalue weighted by Crippen LogP contribution is -2.12. The summed E-state index contributed by atoms with van der Waals surface area (Å²) in [5.74, 6) is 0. The number of hydrogen-bond acceptors (Lipinski definition) is 5. The second kappa shape index (κ2) is 5.65. The predicted octanol–water partition coefficient (Wildman–Crippen LogP) is 2.67. The van der Waals surface area contributed by atoms with E-state index in [1.165, 1.54) is 10.6 Å². The van der Waals surface area contributed by atoms with E-state index in [1.807, 2.05) is 6.92 Å². The summed E-state index contributed by atoms with van der Waals surface area (Å²) in [5.41, 5.74) is 1.34. The largest absolute Gasteiger partial charge is 0.281 e. The molecule has 0 fully saturated rings. The molecule has 0 aliphatic rings. The average Bonchev–Trinajstić information content (AvgIpc) is 2.99. The van der Waals surface area contributed by atoms with Gasteiger partial charge in [0.2, 0.25) is 14.9 Å². The molecule has 0 saturated carbocycles. The van der Waals surface area contributed by atoms with Gasteiger partial charge in [-0.1, -0.05) is 29.3 Å². The molecule has 0 radical (unpaired) electrons. The number of H-pyrrole nitrogens is 1. The zero-order valence-corrected chi connectivity index (χ0v) is 15.4. The standard InChI is InChI=1S/C17H13ClN4O3S/c1-9-3-6-14(10(2)7-9)26(24,25)17-15-19-16(23)12-5-4-11(18)8-13(12)22(15)21-20-17/h3-8,21H,1-2H3. The second-order valence-corrected chi connectivity index (χ2v) is 8.30. The fraction of sp³-hybridized carbons (Fsp3) is 0.118. The van der Waals surface area contributed by atoms with E-state index in [0.717, 1.165) is 5.56 Å². The van der Waals surface area contributed by atoms with Gasteiger partial charge in [-0.2, -0.15) is 4.98 Å². The fourth-order valence-corrected chi connectivity index (χ4v) is 4.61. The van der Waals surface area contributed by atoms with Gasteiger partial charge in [-0.3, -0.25) is 4.79 Å². The Morgan fingerprint density at radius 2 is 1.88 bits per heavy atom. The second-order valence-electron chi connectivity index (χ2n) is 6.03. The lowest BCUT2D eigenvalue weighted by molar-refractivity contribution is 0.592. The highest BCUT2D eigenvalue weighted by atomic mass is 35.5. The predicted molar refractivity (Wildman–Crippen MR) is 97.5 cm³/mol. The van der Waals surface area contributed by atoms with Gasteiger partial charge in [0.05, 0.1) is 15.8 Å². The number of aryl methyl sites for hydroxylation is 2. The first kappa shape index (κ1) is 16.7. The Balaban J connectivity index is 2.07. The molecule has 0 amide bonds. The highest BCUT2D eigenvalue weighted by Gasteiger charge is 2.27. The zero-order valence-electron chi connectivity index (χ0n) is 13.8. The quantitative estimate of drug-likeness (QED) is 0.569. The third-order valence-electron chi connectivity index (χ3n) is 4.17. The molecule has 7 nitrogen and oxygen atoms in total. The van der Waals surface area contributed by atoms with Gasteiger partial charge in [-0.05, 0) is 43.7 Å². The molecule has 0 unspecified atom stereocenters. The number of hydrogen-bond donors (Lipinski definition) is 1. The molecule has 1 N–H and O–H groups in total. The van der Waals surface area contributed by atoms with Crippen LogP contribution in [0, 0.1) is 13.8 Å². The normalized spacial score (nSPS) is 12.1. The molecule has 0 spiro atoms. The summed E-state index contributed by atoms with van der Waals surface area (Å²) >= 11 is 6.01. The smallest absolute Gasteiger partial charge is 0.267 e. The third kappa shape index (κ3) is 2.41. The Bertz CT molecular complexity index is 1360. The van der Waals surface area contributed by atoms with E-state index in [0.29, 0.717) is 21.5 Å². The van der Waals surface area contributed by atoms with Crippen LogP contribution in [0.2, 0.25) is 5.02 Å². The first-order valence-electron chi connectivity index (χ1n) is 7.68. The molecule has 0 saturated heterocycles. The SMILES string of the molecule is Cc1ccc(S(=O)(=O)c2n[nH]n3c2nc(=O)c2ccc(Cl)cc23)c(C)c1. The van der Waals surface area contributed by atoms with Crippen molar-refractivity contribution in [1.29, 1.82) is 0 Å². The molecule has 0 aliphatic carbocycles. The summed E-state index contributed by atoms with van der Waals surface area (Å²) in [6.45, 7) is 3.59. The van der Waals surface area contributed by atoms with Crippen molar-refractivity contribution in [1.82, 2.24) is 19.8 Å². The first-order chi connectivity index (χ1) is 12.3. The average molecular weight is 389 g/mol. The van der Waals surface area contributed by atoms with Crippen LogP contribution in [0.4, 0.5) is 0 Å². The van der Waals surface area contributed by atoms with Crippen LogP contribution in [0.3, 0.4) is 0 Å². The summed E-state index contributed by atoms with van der Waals surface area (Å²) < 4.78 is 27.5. The van der Waals surface area contributed by atoms with Crippen molar-refractivity contribution in [3.8, 4) is 0 Å². The van der Waals surface area contributed by atoms with Crippen molar-refractivity contribution >= 4 is 38.0 Å². The van der Waals surface area contributed by atoms with E-state index in [1.54, 1.807) is 37.3 Å². The lowest BCUT2D eigenvalue weighted by atomic mass is 10.2. The number of nitrogens with one attached hydrogen (secondary N) is 1. The molecule has 4 aromatic rings. The van der Waals surface area contributed by atoms with Gasteiger partial charge < -0.3 is 0 Å². The van der Waals surface area contributed by atoms with Gasteiger partial charge in [0, 0.05) is 5.02 Å². The third-order valence-corrected chi connectivity index (χ3v) is 6.22. The Morgan fingerprint density at radius 1 is 1.12 bits per heavy atom. The summed E-state index contributed by atoms with van der Waals surface area (Å²) in [5, 5.41) is 6.97. The number of nitrogens with zero attached hydrogens (tertiary/aromatic N) is 3. The van der Waals surface area contributed by atoms with E-state index in [4.69, 9.17) is 11.6 Å². The van der Waals surface area contributed by atoms with Crippen LogP contribution < -0.4 is 5.56 Å². The minimum atomic E-state index is -3.96. The molecule has 2 heterocycles. The Labute approximate surface area is 153 Å². The minimum absolute atomic E-state index is 0.0651. The topological polar surface area (TPSA) is 97.2 Å². The monoisotopic (exact) mass is 388 g/mol. The van der Waals surface area contributed by atoms with E-state index < -0.39 is 15.4 Å². The van der Waals surface area contributed by atoms with Crippen molar-refractivity contribution in [3.05, 3.63) is 62.9 Å². The van der Waals surface area contributed by atoms with Crippen LogP contribution in [0.15, 0.2) is 51.1 Å². The maximum Gasteiger partial charge on any atom is 0.281 e. The van der Waals surface area contributed by atoms with Gasteiger partial charge in [0.15, 0.2) is 5.65 Å². The number of rotatable bonds is 2. The fourth-order valence-electron chi connectivity index (χ4n) is 2.97. The zero-order chi connectivity index (χ0) is 18.6. The Kier molecular flexibility index (Phi) is 3.64. The van der Waals surface area contributed by atoms with Crippen LogP contribution in [-0.4, -0.2) is 28.2 Å². The number of fused-ring (bicyclic) bond motifs is 3. The van der Waals surface area contributed by atoms with Crippen LogP contribution in [-0.2, 0) is 9.84 Å². The van der Waals surface area contributed by atoms with E-state index in [2.05, 4.69) is 15.3 Å². The molecule has 2 aromatic heterocycles. The van der Waals surface area contributed by atoms with Gasteiger partial charge >= 0.3 is 0 Å². The van der Waals surface area contributed by atoms with E-state index in [9.17, 15) is 13.2 Å². The summed E-state index contributed by atoms with van der Waals surface area (Å²) in [7, 11) is -3.96. The van der Waals surface area contributed by atoms with Gasteiger partial charge in [0.25, 0.3) is 5.56 Å². The highest BCUT2D eigenvalue weighted by molar-refractivity contribution is 7.91. The molecule has 4 rings (SSSR count). The first-order valence-corrected chi connectivity index (χ1v) is 9.54. The number of aromatic amines is 1. The van der Waals surface area contributed by atoms with Crippen molar-refractivity contribution in [2.75, 3.05) is 0 Å². The molecule has 2 aromatic carbocycles. The van der Waals surface area contributed by atoms with Crippen LogP contribution in [0.1, 0.15) is 11.1 Å². The highest BCUT2D eigenvalue weighted by Crippen LogP contribution is 2.26. The minimum Gasteiger partial charge on any atom is -0.267 e. The van der Waals surface area contributed by atoms with E-state index >= 15 is 0 Å². The maximum atomic E-state index is 13.1. The number of sulfone groups is 1. The van der Waals surface area contributed by atoms with Crippen LogP contribution in [0.25, 0.3) is 16.6 Å². The van der Waals surface area contributed by atoms with Crippen LogP contribution in [0.5, 0.6) is 0 Å². The lowest BCUT2D eigenvalue weighted by Gasteiger charge is -2.06. The summed E-state index contributed by atoms with van der Waals surface area (Å²) in [6, 6.07) is 9.68. The molecule has 0 bridgehead atoms. The van der Waals surface area contributed by atoms with Gasteiger partial charge in [-0.25, -0.2) is 18.1 Å². The molecule has 9 heteroatoms. The van der Waals surface area contributed by atoms with Gasteiger partial charge in [-0.15, -0.1) is 5.10 Å². The molecular formula is C17H13ClN4O3S. The molecular weight excluding hydrogens is 376 g/mol. The van der Waals surface area contributed by atoms with Crippen LogP contribution >= 0.6 is 11.6 Å².